The van der Waals surface area contributed by atoms with Gasteiger partial charge in [0.2, 0.25) is 0 Å². The van der Waals surface area contributed by atoms with Gasteiger partial charge in [-0.25, -0.2) is 4.98 Å². The van der Waals surface area contributed by atoms with Crippen molar-refractivity contribution in [3.8, 4) is 0 Å². The Kier molecular flexibility index (Phi) is 3.46. The number of nitrogens with one attached hydrogen (secondary N) is 1. The number of aromatic nitrogens is 2. The van der Waals surface area contributed by atoms with Crippen molar-refractivity contribution in [2.75, 3.05) is 20.1 Å². The first-order valence-electron chi connectivity index (χ1n) is 5.51. The van der Waals surface area contributed by atoms with Crippen LogP contribution >= 0.6 is 0 Å². The van der Waals surface area contributed by atoms with Crippen molar-refractivity contribution in [1.29, 1.82) is 0 Å². The highest BCUT2D eigenvalue weighted by Gasteiger charge is 2.19. The fraction of sp³-hybridized carbons (Fsp3) is 0.545. The van der Waals surface area contributed by atoms with Gasteiger partial charge in [-0.2, -0.15) is 0 Å². The molecule has 1 amide bonds. The largest absolute Gasteiger partial charge is 0.348 e. The van der Waals surface area contributed by atoms with E-state index in [4.69, 9.17) is 0 Å². The average Bonchev–Trinajstić information content (AvgIpc) is 2.33. The molecule has 2 rings (SSSR count). The number of rotatable bonds is 2. The third-order valence-corrected chi connectivity index (χ3v) is 2.85. The van der Waals surface area contributed by atoms with E-state index in [-0.39, 0.29) is 11.9 Å². The van der Waals surface area contributed by atoms with E-state index >= 15 is 0 Å². The molecule has 1 fully saturated rings. The SMILES string of the molecule is CN1CCC(NC(=O)c2cnccn2)CC1. The molecule has 1 saturated heterocycles. The van der Waals surface area contributed by atoms with Crippen LogP contribution in [0.4, 0.5) is 0 Å². The quantitative estimate of drug-likeness (QED) is 0.779. The molecule has 0 aliphatic carbocycles. The van der Waals surface area contributed by atoms with Gasteiger partial charge >= 0.3 is 0 Å². The van der Waals surface area contributed by atoms with E-state index in [0.29, 0.717) is 5.69 Å². The maximum absolute atomic E-state index is 11.8. The fourth-order valence-electron chi connectivity index (χ4n) is 1.83. The summed E-state index contributed by atoms with van der Waals surface area (Å²) in [5, 5.41) is 2.99. The second kappa shape index (κ2) is 5.03. The summed E-state index contributed by atoms with van der Waals surface area (Å²) in [6, 6.07) is 0.269. The van der Waals surface area contributed by atoms with E-state index in [1.165, 1.54) is 12.4 Å². The third kappa shape index (κ3) is 2.76. The van der Waals surface area contributed by atoms with E-state index < -0.39 is 0 Å². The van der Waals surface area contributed by atoms with Gasteiger partial charge in [-0.3, -0.25) is 9.78 Å². The zero-order valence-corrected chi connectivity index (χ0v) is 9.39. The number of likely N-dealkylation sites (tertiary alicyclic amines) is 1. The Bertz CT molecular complexity index is 346. The Balaban J connectivity index is 1.88. The minimum Gasteiger partial charge on any atom is -0.348 e. The molecule has 5 nitrogen and oxygen atoms in total. The van der Waals surface area contributed by atoms with E-state index in [9.17, 15) is 4.79 Å². The lowest BCUT2D eigenvalue weighted by Crippen LogP contribution is -2.43. The molecule has 16 heavy (non-hydrogen) atoms. The van der Waals surface area contributed by atoms with Gasteiger partial charge in [0.1, 0.15) is 5.69 Å². The number of hydrogen-bond acceptors (Lipinski definition) is 4. The van der Waals surface area contributed by atoms with Crippen molar-refractivity contribution in [3.05, 3.63) is 24.3 Å². The molecule has 1 aromatic heterocycles. The van der Waals surface area contributed by atoms with Gasteiger partial charge in [0.25, 0.3) is 5.91 Å². The molecule has 0 bridgehead atoms. The lowest BCUT2D eigenvalue weighted by atomic mass is 10.1. The standard InChI is InChI=1S/C11H16N4O/c1-15-6-2-9(3-7-15)14-11(16)10-8-12-4-5-13-10/h4-5,8-9H,2-3,6-7H2,1H3,(H,14,16). The number of carbonyl (C=O) groups excluding carboxylic acids is 1. The minimum absolute atomic E-state index is 0.123. The lowest BCUT2D eigenvalue weighted by Gasteiger charge is -2.29. The van der Waals surface area contributed by atoms with Crippen molar-refractivity contribution in [2.24, 2.45) is 0 Å². The third-order valence-electron chi connectivity index (χ3n) is 2.85. The van der Waals surface area contributed by atoms with Gasteiger partial charge in [0.05, 0.1) is 6.20 Å². The van der Waals surface area contributed by atoms with E-state index in [2.05, 4.69) is 27.2 Å². The molecule has 0 unspecified atom stereocenters. The molecule has 0 radical (unpaired) electrons. The molecule has 86 valence electrons. The van der Waals surface area contributed by atoms with E-state index in [1.54, 1.807) is 6.20 Å². The number of nitrogens with zero attached hydrogens (tertiary/aromatic N) is 3. The summed E-state index contributed by atoms with van der Waals surface area (Å²) in [6.07, 6.45) is 6.59. The molecule has 0 spiro atoms. The summed E-state index contributed by atoms with van der Waals surface area (Å²) in [4.78, 5) is 21.9. The molecule has 0 aromatic carbocycles. The smallest absolute Gasteiger partial charge is 0.271 e. The fourth-order valence-corrected chi connectivity index (χ4v) is 1.83. The van der Waals surface area contributed by atoms with Crippen LogP contribution in [0.5, 0.6) is 0 Å². The predicted octanol–water partition coefficient (Wildman–Crippen LogP) is 0.301. The predicted molar refractivity (Wildman–Crippen MR) is 60.0 cm³/mol. The summed E-state index contributed by atoms with van der Waals surface area (Å²) in [7, 11) is 2.10. The highest BCUT2D eigenvalue weighted by atomic mass is 16.1. The molecule has 2 heterocycles. The number of hydrogen-bond donors (Lipinski definition) is 1. The van der Waals surface area contributed by atoms with Crippen molar-refractivity contribution in [2.45, 2.75) is 18.9 Å². The Morgan fingerprint density at radius 3 is 2.81 bits per heavy atom. The van der Waals surface area contributed by atoms with Crippen LogP contribution in [0.25, 0.3) is 0 Å². The average molecular weight is 220 g/mol. The van der Waals surface area contributed by atoms with E-state index in [1.807, 2.05) is 0 Å². The number of amides is 1. The van der Waals surface area contributed by atoms with Gasteiger partial charge in [-0.05, 0) is 33.0 Å². The Morgan fingerprint density at radius 1 is 1.44 bits per heavy atom. The molecule has 1 aliphatic rings. The Morgan fingerprint density at radius 2 is 2.19 bits per heavy atom. The van der Waals surface area contributed by atoms with Crippen LogP contribution in [0.3, 0.4) is 0 Å². The Hall–Kier alpha value is -1.49. The van der Waals surface area contributed by atoms with Crippen LogP contribution in [0.15, 0.2) is 18.6 Å². The van der Waals surface area contributed by atoms with E-state index in [0.717, 1.165) is 25.9 Å². The van der Waals surface area contributed by atoms with Gasteiger partial charge < -0.3 is 10.2 Å². The molecule has 1 aliphatic heterocycles. The first-order chi connectivity index (χ1) is 7.75. The van der Waals surface area contributed by atoms with Crippen molar-refractivity contribution < 1.29 is 4.79 Å². The zero-order chi connectivity index (χ0) is 11.4. The van der Waals surface area contributed by atoms with Crippen molar-refractivity contribution >= 4 is 5.91 Å². The normalized spacial score (nSPS) is 18.3. The first-order valence-corrected chi connectivity index (χ1v) is 5.51. The highest BCUT2D eigenvalue weighted by Crippen LogP contribution is 2.08. The highest BCUT2D eigenvalue weighted by molar-refractivity contribution is 5.92. The molecule has 0 saturated carbocycles. The van der Waals surface area contributed by atoms with Gasteiger partial charge in [-0.15, -0.1) is 0 Å². The summed E-state index contributed by atoms with van der Waals surface area (Å²) in [5.41, 5.74) is 0.390. The second-order valence-electron chi connectivity index (χ2n) is 4.14. The van der Waals surface area contributed by atoms with Crippen LogP contribution in [0, 0.1) is 0 Å². The number of piperidine rings is 1. The summed E-state index contributed by atoms with van der Waals surface area (Å²) in [6.45, 7) is 2.07. The van der Waals surface area contributed by atoms with Gasteiger partial charge in [0, 0.05) is 18.4 Å². The Labute approximate surface area is 94.9 Å². The van der Waals surface area contributed by atoms with Crippen LogP contribution in [-0.4, -0.2) is 47.0 Å². The molecular weight excluding hydrogens is 204 g/mol. The van der Waals surface area contributed by atoms with Crippen LogP contribution in [-0.2, 0) is 0 Å². The second-order valence-corrected chi connectivity index (χ2v) is 4.14. The summed E-state index contributed by atoms with van der Waals surface area (Å²) in [5.74, 6) is -0.123. The van der Waals surface area contributed by atoms with Crippen LogP contribution in [0.1, 0.15) is 23.3 Å². The summed E-state index contributed by atoms with van der Waals surface area (Å²) >= 11 is 0. The lowest BCUT2D eigenvalue weighted by molar-refractivity contribution is 0.0911. The maximum Gasteiger partial charge on any atom is 0.271 e. The molecule has 5 heteroatoms. The molecule has 0 atom stereocenters. The molecular formula is C11H16N4O. The van der Waals surface area contributed by atoms with Gasteiger partial charge in [-0.1, -0.05) is 0 Å². The molecule has 1 aromatic rings. The van der Waals surface area contributed by atoms with Crippen LogP contribution < -0.4 is 5.32 Å². The maximum atomic E-state index is 11.8. The monoisotopic (exact) mass is 220 g/mol. The van der Waals surface area contributed by atoms with Crippen molar-refractivity contribution in [3.63, 3.8) is 0 Å². The van der Waals surface area contributed by atoms with Crippen molar-refractivity contribution in [1.82, 2.24) is 20.2 Å². The first kappa shape index (κ1) is 11.0. The topological polar surface area (TPSA) is 58.1 Å². The number of carbonyl (C=O) groups is 1. The van der Waals surface area contributed by atoms with Gasteiger partial charge in [0.15, 0.2) is 0 Å². The summed E-state index contributed by atoms with van der Waals surface area (Å²) < 4.78 is 0. The molecule has 1 N–H and O–H groups in total. The zero-order valence-electron chi connectivity index (χ0n) is 9.39. The van der Waals surface area contributed by atoms with Crippen LogP contribution in [0.2, 0.25) is 0 Å². The minimum atomic E-state index is -0.123.